The predicted octanol–water partition coefficient (Wildman–Crippen LogP) is 5.21. The summed E-state index contributed by atoms with van der Waals surface area (Å²) in [5, 5.41) is 3.37. The molecule has 1 aliphatic carbocycles. The number of rotatable bonds is 3. The molecule has 0 radical (unpaired) electrons. The number of nitrogens with one attached hydrogen (secondary N) is 1. The highest BCUT2D eigenvalue weighted by molar-refractivity contribution is 7.20. The molecule has 0 saturated carbocycles. The maximum absolute atomic E-state index is 6.25. The Morgan fingerprint density at radius 2 is 2.12 bits per heavy atom. The average Bonchev–Trinajstić information content (AvgIpc) is 2.55. The van der Waals surface area contributed by atoms with Gasteiger partial charge in [-0.3, -0.25) is 0 Å². The molecule has 1 atom stereocenters. The number of halogens is 2. The van der Waals surface area contributed by atoms with Crippen LogP contribution in [0.25, 0.3) is 0 Å². The summed E-state index contributed by atoms with van der Waals surface area (Å²) in [5.74, 6) is 0. The minimum atomic E-state index is 0.226. The monoisotopic (exact) mass is 289 g/mol. The molecule has 0 spiro atoms. The lowest BCUT2D eigenvalue weighted by Gasteiger charge is -2.19. The van der Waals surface area contributed by atoms with Crippen LogP contribution in [0.4, 0.5) is 0 Å². The standard InChI is InChI=1S/C13H17Cl2NS/c1-16-12(9-6-4-2-3-5-7-9)10-8-11(14)17-13(10)15/h6,8,12,16H,2-5,7H2,1H3. The minimum Gasteiger partial charge on any atom is -0.310 e. The first-order valence-corrected chi connectivity index (χ1v) is 7.60. The molecule has 0 aliphatic heterocycles. The van der Waals surface area contributed by atoms with E-state index in [4.69, 9.17) is 23.2 Å². The van der Waals surface area contributed by atoms with Crippen molar-refractivity contribution in [3.05, 3.63) is 32.0 Å². The van der Waals surface area contributed by atoms with Gasteiger partial charge in [-0.1, -0.05) is 41.3 Å². The number of thiophene rings is 1. The van der Waals surface area contributed by atoms with E-state index in [1.54, 1.807) is 0 Å². The van der Waals surface area contributed by atoms with Crippen molar-refractivity contribution in [3.63, 3.8) is 0 Å². The zero-order valence-electron chi connectivity index (χ0n) is 9.93. The third kappa shape index (κ3) is 3.25. The number of likely N-dealkylation sites (N-methyl/N-ethyl adjacent to an activating group) is 1. The van der Waals surface area contributed by atoms with E-state index in [0.717, 1.165) is 20.7 Å². The molecule has 4 heteroatoms. The topological polar surface area (TPSA) is 12.0 Å². The highest BCUT2D eigenvalue weighted by atomic mass is 35.5. The van der Waals surface area contributed by atoms with E-state index in [-0.39, 0.29) is 6.04 Å². The van der Waals surface area contributed by atoms with Gasteiger partial charge >= 0.3 is 0 Å². The molecular weight excluding hydrogens is 273 g/mol. The van der Waals surface area contributed by atoms with Gasteiger partial charge in [0.05, 0.1) is 14.7 Å². The lowest BCUT2D eigenvalue weighted by Crippen LogP contribution is -2.18. The van der Waals surface area contributed by atoms with Crippen LogP contribution in [0, 0.1) is 0 Å². The van der Waals surface area contributed by atoms with Crippen molar-refractivity contribution in [2.45, 2.75) is 38.1 Å². The van der Waals surface area contributed by atoms with Crippen LogP contribution >= 0.6 is 34.5 Å². The minimum absolute atomic E-state index is 0.226. The zero-order valence-corrected chi connectivity index (χ0v) is 12.3. The summed E-state index contributed by atoms with van der Waals surface area (Å²) < 4.78 is 1.57. The van der Waals surface area contributed by atoms with E-state index in [9.17, 15) is 0 Å². The Morgan fingerprint density at radius 3 is 2.76 bits per heavy atom. The maximum atomic E-state index is 6.25. The second-order valence-corrected chi connectivity index (χ2v) is 6.67. The molecule has 0 amide bonds. The summed E-state index contributed by atoms with van der Waals surface area (Å²) in [6.07, 6.45) is 8.63. The lowest BCUT2D eigenvalue weighted by molar-refractivity contribution is 0.630. The van der Waals surface area contributed by atoms with Crippen molar-refractivity contribution in [2.75, 3.05) is 7.05 Å². The quantitative estimate of drug-likeness (QED) is 0.754. The Hall–Kier alpha value is -0.0200. The smallest absolute Gasteiger partial charge is 0.0995 e. The number of allylic oxidation sites excluding steroid dienone is 1. The van der Waals surface area contributed by atoms with Crippen molar-refractivity contribution >= 4 is 34.5 Å². The largest absolute Gasteiger partial charge is 0.310 e. The Kier molecular flexibility index (Phi) is 4.92. The number of hydrogen-bond donors (Lipinski definition) is 1. The molecule has 1 nitrogen and oxygen atoms in total. The van der Waals surface area contributed by atoms with Crippen molar-refractivity contribution in [2.24, 2.45) is 0 Å². The second kappa shape index (κ2) is 6.24. The van der Waals surface area contributed by atoms with Crippen LogP contribution in [0.5, 0.6) is 0 Å². The fourth-order valence-corrected chi connectivity index (χ4v) is 3.92. The highest BCUT2D eigenvalue weighted by Gasteiger charge is 2.20. The summed E-state index contributed by atoms with van der Waals surface area (Å²) in [4.78, 5) is 0. The first-order chi connectivity index (χ1) is 8.22. The van der Waals surface area contributed by atoms with E-state index < -0.39 is 0 Å². The van der Waals surface area contributed by atoms with Crippen LogP contribution in [-0.2, 0) is 0 Å². The Labute approximate surface area is 117 Å². The van der Waals surface area contributed by atoms with Crippen LogP contribution in [0.2, 0.25) is 8.67 Å². The number of hydrogen-bond acceptors (Lipinski definition) is 2. The molecular formula is C13H17Cl2NS. The maximum Gasteiger partial charge on any atom is 0.0995 e. The molecule has 94 valence electrons. The molecule has 2 rings (SSSR count). The van der Waals surface area contributed by atoms with Crippen molar-refractivity contribution in [1.82, 2.24) is 5.32 Å². The molecule has 1 aromatic heterocycles. The van der Waals surface area contributed by atoms with Crippen LogP contribution in [-0.4, -0.2) is 7.05 Å². The molecule has 0 aromatic carbocycles. The second-order valence-electron chi connectivity index (χ2n) is 4.38. The van der Waals surface area contributed by atoms with Gasteiger partial charge in [0.2, 0.25) is 0 Å². The fourth-order valence-electron chi connectivity index (χ4n) is 2.39. The Balaban J connectivity index is 2.26. The summed E-state index contributed by atoms with van der Waals surface area (Å²) in [6, 6.07) is 2.21. The predicted molar refractivity (Wildman–Crippen MR) is 77.3 cm³/mol. The normalized spacial score (nSPS) is 18.6. The van der Waals surface area contributed by atoms with Gasteiger partial charge in [0.25, 0.3) is 0 Å². The van der Waals surface area contributed by atoms with Gasteiger partial charge < -0.3 is 5.32 Å². The van der Waals surface area contributed by atoms with Gasteiger partial charge in [0, 0.05) is 5.56 Å². The van der Waals surface area contributed by atoms with E-state index in [2.05, 4.69) is 11.4 Å². The molecule has 0 bridgehead atoms. The van der Waals surface area contributed by atoms with E-state index in [1.807, 2.05) is 13.1 Å². The molecule has 1 aliphatic rings. The van der Waals surface area contributed by atoms with E-state index in [0.29, 0.717) is 0 Å². The fraction of sp³-hybridized carbons (Fsp3) is 0.538. The van der Waals surface area contributed by atoms with Crippen molar-refractivity contribution in [3.8, 4) is 0 Å². The van der Waals surface area contributed by atoms with Crippen LogP contribution < -0.4 is 5.32 Å². The molecule has 1 N–H and O–H groups in total. The molecule has 17 heavy (non-hydrogen) atoms. The zero-order chi connectivity index (χ0) is 12.3. The molecule has 1 aromatic rings. The first kappa shape index (κ1) is 13.4. The van der Waals surface area contributed by atoms with Gasteiger partial charge in [-0.2, -0.15) is 0 Å². The van der Waals surface area contributed by atoms with Gasteiger partial charge in [-0.25, -0.2) is 0 Å². The van der Waals surface area contributed by atoms with Crippen LogP contribution in [0.1, 0.15) is 43.7 Å². The Bertz CT molecular complexity index is 412. The van der Waals surface area contributed by atoms with Gasteiger partial charge in [-0.15, -0.1) is 11.3 Å². The summed E-state index contributed by atoms with van der Waals surface area (Å²) in [7, 11) is 1.98. The third-order valence-corrected chi connectivity index (χ3v) is 4.75. The highest BCUT2D eigenvalue weighted by Crippen LogP contribution is 2.39. The SMILES string of the molecule is CNC(C1=CCCCCC1)c1cc(Cl)sc1Cl. The summed E-state index contributed by atoms with van der Waals surface area (Å²) >= 11 is 13.7. The van der Waals surface area contributed by atoms with Crippen molar-refractivity contribution in [1.29, 1.82) is 0 Å². The van der Waals surface area contributed by atoms with Gasteiger partial charge in [0.1, 0.15) is 0 Å². The molecule has 1 heterocycles. The van der Waals surface area contributed by atoms with Crippen molar-refractivity contribution < 1.29 is 0 Å². The Morgan fingerprint density at radius 1 is 1.29 bits per heavy atom. The molecule has 0 saturated heterocycles. The summed E-state index contributed by atoms with van der Waals surface area (Å²) in [5.41, 5.74) is 2.58. The molecule has 1 unspecified atom stereocenters. The first-order valence-electron chi connectivity index (χ1n) is 6.03. The third-order valence-electron chi connectivity index (χ3n) is 3.23. The van der Waals surface area contributed by atoms with E-state index >= 15 is 0 Å². The van der Waals surface area contributed by atoms with Gasteiger partial charge in [0.15, 0.2) is 0 Å². The van der Waals surface area contributed by atoms with Crippen LogP contribution in [0.3, 0.4) is 0 Å². The van der Waals surface area contributed by atoms with E-state index in [1.165, 1.54) is 42.6 Å². The molecule has 0 fully saturated rings. The lowest BCUT2D eigenvalue weighted by atomic mass is 9.97. The average molecular weight is 290 g/mol. The van der Waals surface area contributed by atoms with Gasteiger partial charge in [-0.05, 0) is 38.8 Å². The summed E-state index contributed by atoms with van der Waals surface area (Å²) in [6.45, 7) is 0. The van der Waals surface area contributed by atoms with Crippen LogP contribution in [0.15, 0.2) is 17.7 Å².